The molecule has 1 heterocycles. The van der Waals surface area contributed by atoms with Crippen LogP contribution in [0.25, 0.3) is 6.08 Å². The van der Waals surface area contributed by atoms with Gasteiger partial charge in [0, 0.05) is 9.90 Å². The Morgan fingerprint density at radius 3 is 2.70 bits per heavy atom. The van der Waals surface area contributed by atoms with Gasteiger partial charge in [0.05, 0.1) is 6.54 Å². The molecular formula is C15H11ClN2OS. The highest BCUT2D eigenvalue weighted by Crippen LogP contribution is 2.13. The zero-order valence-electron chi connectivity index (χ0n) is 10.5. The predicted octanol–water partition coefficient (Wildman–Crippen LogP) is 3.62. The summed E-state index contributed by atoms with van der Waals surface area (Å²) in [7, 11) is 0. The molecule has 100 valence electrons. The number of hydrogen-bond acceptors (Lipinski definition) is 3. The van der Waals surface area contributed by atoms with Crippen molar-refractivity contribution in [2.45, 2.75) is 6.54 Å². The first-order chi connectivity index (χ1) is 9.69. The third-order valence-corrected chi connectivity index (χ3v) is 3.68. The molecule has 0 aliphatic carbocycles. The molecule has 1 aromatic carbocycles. The second kappa shape index (κ2) is 6.90. The maximum atomic E-state index is 11.9. The van der Waals surface area contributed by atoms with Gasteiger partial charge >= 0.3 is 0 Å². The van der Waals surface area contributed by atoms with Crippen molar-refractivity contribution >= 4 is 34.9 Å². The maximum Gasteiger partial charge on any atom is 0.262 e. The van der Waals surface area contributed by atoms with Crippen LogP contribution in [0.1, 0.15) is 10.4 Å². The molecule has 0 aliphatic rings. The molecule has 2 rings (SSSR count). The van der Waals surface area contributed by atoms with E-state index in [1.165, 1.54) is 0 Å². The zero-order chi connectivity index (χ0) is 14.4. The standard InChI is InChI=1S/C15H11ClN2OS/c16-13-5-3-11(4-6-13)8-12(9-17)15(19)18-10-14-2-1-7-20-14/h1-8H,10H2,(H,18,19)/b12-8+. The summed E-state index contributed by atoms with van der Waals surface area (Å²) in [4.78, 5) is 13.0. The van der Waals surface area contributed by atoms with Crippen LogP contribution in [0, 0.1) is 11.3 Å². The van der Waals surface area contributed by atoms with Gasteiger partial charge < -0.3 is 5.32 Å². The normalized spacial score (nSPS) is 10.9. The van der Waals surface area contributed by atoms with E-state index in [1.807, 2.05) is 23.6 Å². The molecule has 20 heavy (non-hydrogen) atoms. The van der Waals surface area contributed by atoms with Crippen molar-refractivity contribution in [3.63, 3.8) is 0 Å². The molecule has 0 atom stereocenters. The molecule has 0 bridgehead atoms. The van der Waals surface area contributed by atoms with Crippen LogP contribution in [0.4, 0.5) is 0 Å². The fraction of sp³-hybridized carbons (Fsp3) is 0.0667. The van der Waals surface area contributed by atoms with Crippen LogP contribution in [0.3, 0.4) is 0 Å². The van der Waals surface area contributed by atoms with Crippen molar-refractivity contribution < 1.29 is 4.79 Å². The summed E-state index contributed by atoms with van der Waals surface area (Å²) < 4.78 is 0. The summed E-state index contributed by atoms with van der Waals surface area (Å²) in [6.45, 7) is 0.427. The number of thiophene rings is 1. The van der Waals surface area contributed by atoms with Crippen LogP contribution >= 0.6 is 22.9 Å². The summed E-state index contributed by atoms with van der Waals surface area (Å²) in [5, 5.41) is 14.3. The number of amides is 1. The highest BCUT2D eigenvalue weighted by molar-refractivity contribution is 7.09. The van der Waals surface area contributed by atoms with Gasteiger partial charge in [0.15, 0.2) is 0 Å². The molecule has 0 saturated heterocycles. The first-order valence-corrected chi connectivity index (χ1v) is 7.13. The molecule has 0 spiro atoms. The van der Waals surface area contributed by atoms with Gasteiger partial charge in [0.1, 0.15) is 11.6 Å². The maximum absolute atomic E-state index is 11.9. The molecular weight excluding hydrogens is 292 g/mol. The number of carbonyl (C=O) groups is 1. The number of nitrogens with one attached hydrogen (secondary N) is 1. The van der Waals surface area contributed by atoms with Crippen LogP contribution in [-0.4, -0.2) is 5.91 Å². The van der Waals surface area contributed by atoms with Gasteiger partial charge in [-0.3, -0.25) is 4.79 Å². The monoisotopic (exact) mass is 302 g/mol. The van der Waals surface area contributed by atoms with Crippen LogP contribution in [-0.2, 0) is 11.3 Å². The van der Waals surface area contributed by atoms with E-state index in [-0.39, 0.29) is 11.5 Å². The minimum Gasteiger partial charge on any atom is -0.347 e. The molecule has 5 heteroatoms. The van der Waals surface area contributed by atoms with Crippen LogP contribution in [0.2, 0.25) is 5.02 Å². The molecule has 3 nitrogen and oxygen atoms in total. The lowest BCUT2D eigenvalue weighted by Crippen LogP contribution is -2.23. The van der Waals surface area contributed by atoms with Gasteiger partial charge in [-0.15, -0.1) is 11.3 Å². The highest BCUT2D eigenvalue weighted by Gasteiger charge is 2.08. The van der Waals surface area contributed by atoms with Gasteiger partial charge in [-0.25, -0.2) is 0 Å². The van der Waals surface area contributed by atoms with Gasteiger partial charge in [0.25, 0.3) is 5.91 Å². The fourth-order valence-electron chi connectivity index (χ4n) is 1.55. The smallest absolute Gasteiger partial charge is 0.262 e. The van der Waals surface area contributed by atoms with Crippen molar-refractivity contribution in [2.24, 2.45) is 0 Å². The second-order valence-electron chi connectivity index (χ2n) is 3.98. The van der Waals surface area contributed by atoms with Crippen molar-refractivity contribution in [3.05, 3.63) is 62.8 Å². The Morgan fingerprint density at radius 2 is 2.10 bits per heavy atom. The number of nitriles is 1. The number of benzene rings is 1. The number of rotatable bonds is 4. The first-order valence-electron chi connectivity index (χ1n) is 5.87. The third kappa shape index (κ3) is 3.95. The topological polar surface area (TPSA) is 52.9 Å². The van der Waals surface area contributed by atoms with E-state index >= 15 is 0 Å². The lowest BCUT2D eigenvalue weighted by Gasteiger charge is -2.02. The van der Waals surface area contributed by atoms with Gasteiger partial charge in [-0.1, -0.05) is 29.8 Å². The Bertz CT molecular complexity index is 654. The van der Waals surface area contributed by atoms with Crippen molar-refractivity contribution in [1.82, 2.24) is 5.32 Å². The lowest BCUT2D eigenvalue weighted by molar-refractivity contribution is -0.117. The van der Waals surface area contributed by atoms with E-state index in [9.17, 15) is 4.79 Å². The van der Waals surface area contributed by atoms with E-state index < -0.39 is 0 Å². The Morgan fingerprint density at radius 1 is 1.35 bits per heavy atom. The Hall–Kier alpha value is -2.09. The summed E-state index contributed by atoms with van der Waals surface area (Å²) in [6.07, 6.45) is 1.54. The van der Waals surface area contributed by atoms with E-state index in [1.54, 1.807) is 41.7 Å². The fourth-order valence-corrected chi connectivity index (χ4v) is 2.32. The average Bonchev–Trinajstić information content (AvgIpc) is 2.97. The minimum absolute atomic E-state index is 0.0730. The zero-order valence-corrected chi connectivity index (χ0v) is 12.0. The van der Waals surface area contributed by atoms with Crippen molar-refractivity contribution in [1.29, 1.82) is 5.26 Å². The predicted molar refractivity (Wildman–Crippen MR) is 81.2 cm³/mol. The summed E-state index contributed by atoms with van der Waals surface area (Å²) in [5.41, 5.74) is 0.834. The van der Waals surface area contributed by atoms with Gasteiger partial charge in [-0.2, -0.15) is 5.26 Å². The average molecular weight is 303 g/mol. The molecule has 1 aromatic heterocycles. The molecule has 0 unspecified atom stereocenters. The van der Waals surface area contributed by atoms with E-state index in [0.29, 0.717) is 11.6 Å². The Labute approximate surface area is 126 Å². The number of carbonyl (C=O) groups excluding carboxylic acids is 1. The van der Waals surface area contributed by atoms with E-state index in [4.69, 9.17) is 16.9 Å². The largest absolute Gasteiger partial charge is 0.347 e. The van der Waals surface area contributed by atoms with Crippen molar-refractivity contribution in [3.8, 4) is 6.07 Å². The summed E-state index contributed by atoms with van der Waals surface area (Å²) >= 11 is 7.35. The van der Waals surface area contributed by atoms with Crippen LogP contribution in [0.5, 0.6) is 0 Å². The minimum atomic E-state index is -0.379. The third-order valence-electron chi connectivity index (χ3n) is 2.55. The van der Waals surface area contributed by atoms with Crippen LogP contribution in [0.15, 0.2) is 47.4 Å². The summed E-state index contributed by atoms with van der Waals surface area (Å²) in [6, 6.07) is 12.7. The summed E-state index contributed by atoms with van der Waals surface area (Å²) in [5.74, 6) is -0.379. The van der Waals surface area contributed by atoms with Crippen LogP contribution < -0.4 is 5.32 Å². The van der Waals surface area contributed by atoms with E-state index in [2.05, 4.69) is 5.32 Å². The molecule has 0 radical (unpaired) electrons. The lowest BCUT2D eigenvalue weighted by atomic mass is 10.1. The SMILES string of the molecule is N#C/C(=C\c1ccc(Cl)cc1)C(=O)NCc1cccs1. The molecule has 0 fully saturated rings. The molecule has 1 amide bonds. The quantitative estimate of drug-likeness (QED) is 0.692. The van der Waals surface area contributed by atoms with Crippen molar-refractivity contribution in [2.75, 3.05) is 0 Å². The molecule has 0 aliphatic heterocycles. The number of halogens is 1. The second-order valence-corrected chi connectivity index (χ2v) is 5.45. The van der Waals surface area contributed by atoms with Gasteiger partial charge in [0.2, 0.25) is 0 Å². The van der Waals surface area contributed by atoms with E-state index in [0.717, 1.165) is 10.4 Å². The number of nitrogens with zero attached hydrogens (tertiary/aromatic N) is 1. The molecule has 0 saturated carbocycles. The van der Waals surface area contributed by atoms with Gasteiger partial charge in [-0.05, 0) is 35.2 Å². The Balaban J connectivity index is 2.05. The number of hydrogen-bond donors (Lipinski definition) is 1. The first kappa shape index (κ1) is 14.3. The molecule has 2 aromatic rings. The highest BCUT2D eigenvalue weighted by atomic mass is 35.5. The Kier molecular flexibility index (Phi) is 4.94. The molecule has 1 N–H and O–H groups in total.